The molecule has 0 amide bonds. The van der Waals surface area contributed by atoms with Crippen molar-refractivity contribution >= 4 is 5.97 Å². The molecule has 0 fully saturated rings. The summed E-state index contributed by atoms with van der Waals surface area (Å²) in [7, 11) is 0. The van der Waals surface area contributed by atoms with Gasteiger partial charge in [-0.1, -0.05) is 68.4 Å². The van der Waals surface area contributed by atoms with Gasteiger partial charge in [0.05, 0.1) is 0 Å². The molecule has 0 rings (SSSR count). The summed E-state index contributed by atoms with van der Waals surface area (Å²) < 4.78 is 0. The molecule has 0 aliphatic heterocycles. The van der Waals surface area contributed by atoms with Gasteiger partial charge >= 0.3 is 5.97 Å². The van der Waals surface area contributed by atoms with Crippen molar-refractivity contribution in [1.82, 2.24) is 0 Å². The van der Waals surface area contributed by atoms with Crippen molar-refractivity contribution in [2.45, 2.75) is 70.5 Å². The molecular weight excluding hydrogens is 304 g/mol. The fourth-order valence-corrected chi connectivity index (χ4v) is 1.97. The number of hydrogen-bond donors (Lipinski definition) is 3. The van der Waals surface area contributed by atoms with E-state index in [4.69, 9.17) is 5.11 Å². The van der Waals surface area contributed by atoms with Crippen molar-refractivity contribution in [2.24, 2.45) is 0 Å². The number of carbonyl (C=O) groups is 1. The molecule has 0 saturated heterocycles. The van der Waals surface area contributed by atoms with Gasteiger partial charge < -0.3 is 15.3 Å². The second-order valence-electron chi connectivity index (χ2n) is 5.71. The van der Waals surface area contributed by atoms with E-state index < -0.39 is 18.2 Å². The van der Waals surface area contributed by atoms with Crippen molar-refractivity contribution in [2.75, 3.05) is 0 Å². The van der Waals surface area contributed by atoms with Gasteiger partial charge in [0.2, 0.25) is 0 Å². The number of rotatable bonds is 14. The molecule has 3 N–H and O–H groups in total. The predicted molar refractivity (Wildman–Crippen MR) is 98.8 cm³/mol. The zero-order valence-electron chi connectivity index (χ0n) is 14.7. The first-order chi connectivity index (χ1) is 11.6. The molecule has 0 aromatic carbocycles. The van der Waals surface area contributed by atoms with Crippen molar-refractivity contribution in [3.05, 3.63) is 48.6 Å². The molecule has 0 saturated carbocycles. The van der Waals surface area contributed by atoms with Gasteiger partial charge in [0, 0.05) is 6.42 Å². The number of allylic oxidation sites excluding steroid dienone is 6. The Morgan fingerprint density at radius 2 is 1.58 bits per heavy atom. The van der Waals surface area contributed by atoms with Crippen LogP contribution in [0.3, 0.4) is 0 Å². The Morgan fingerprint density at radius 1 is 0.875 bits per heavy atom. The maximum atomic E-state index is 10.3. The number of hydrogen-bond acceptors (Lipinski definition) is 3. The Labute approximate surface area is 145 Å². The van der Waals surface area contributed by atoms with Crippen molar-refractivity contribution in [3.8, 4) is 0 Å². The van der Waals surface area contributed by atoms with E-state index in [1.54, 1.807) is 12.2 Å². The summed E-state index contributed by atoms with van der Waals surface area (Å²) >= 11 is 0. The van der Waals surface area contributed by atoms with Crippen LogP contribution in [0.5, 0.6) is 0 Å². The van der Waals surface area contributed by atoms with Crippen LogP contribution in [0, 0.1) is 0 Å². The normalized spacial score (nSPS) is 15.1. The number of aliphatic hydroxyl groups excluding tert-OH is 2. The number of aliphatic hydroxyl groups is 2. The van der Waals surface area contributed by atoms with Crippen LogP contribution in [-0.2, 0) is 4.79 Å². The van der Waals surface area contributed by atoms with E-state index in [0.29, 0.717) is 12.8 Å². The van der Waals surface area contributed by atoms with Gasteiger partial charge in [0.15, 0.2) is 0 Å². The molecule has 0 heterocycles. The quantitative estimate of drug-likeness (QED) is 0.253. The summed E-state index contributed by atoms with van der Waals surface area (Å²) in [6.45, 7) is 2.19. The van der Waals surface area contributed by atoms with Gasteiger partial charge in [-0.3, -0.25) is 4.79 Å². The monoisotopic (exact) mass is 336 g/mol. The summed E-state index contributed by atoms with van der Waals surface area (Å²) in [5.41, 5.74) is 0. The van der Waals surface area contributed by atoms with Crippen LogP contribution in [-0.4, -0.2) is 33.5 Å². The van der Waals surface area contributed by atoms with E-state index in [1.165, 1.54) is 31.4 Å². The molecule has 0 spiro atoms. The van der Waals surface area contributed by atoms with Crippen LogP contribution >= 0.6 is 0 Å². The third-order valence-electron chi connectivity index (χ3n) is 3.41. The van der Waals surface area contributed by atoms with E-state index in [1.807, 2.05) is 12.2 Å². The average Bonchev–Trinajstić information content (AvgIpc) is 2.55. The van der Waals surface area contributed by atoms with Crippen LogP contribution in [0.4, 0.5) is 0 Å². The van der Waals surface area contributed by atoms with E-state index in [9.17, 15) is 15.0 Å². The lowest BCUT2D eigenvalue weighted by molar-refractivity contribution is -0.137. The maximum Gasteiger partial charge on any atom is 0.303 e. The highest BCUT2D eigenvalue weighted by atomic mass is 16.4. The standard InChI is InChI=1S/C20H32O4/c1-2-3-4-5-6-7-8-9-10-12-15-18(21)19(22)16-13-11-14-17-20(23)24/h6-7,9-10,12-13,15-16,18-19,21-22H,2-5,8,11,14,17H2,1H3,(H,23,24)/b7-6-,10-9-,15-12+,16-13-/t18-,19+/m0/s1. The molecule has 0 aliphatic carbocycles. The lowest BCUT2D eigenvalue weighted by Crippen LogP contribution is -2.20. The molecule has 0 radical (unpaired) electrons. The molecular formula is C20H32O4. The minimum atomic E-state index is -0.974. The molecule has 0 bridgehead atoms. The van der Waals surface area contributed by atoms with Crippen LogP contribution in [0.15, 0.2) is 48.6 Å². The van der Waals surface area contributed by atoms with E-state index in [2.05, 4.69) is 19.1 Å². The Hall–Kier alpha value is -1.65. The summed E-state index contributed by atoms with van der Waals surface area (Å²) in [5.74, 6) is -0.825. The molecule has 4 nitrogen and oxygen atoms in total. The summed E-state index contributed by atoms with van der Waals surface area (Å²) in [4.78, 5) is 10.3. The molecule has 4 heteroatoms. The Morgan fingerprint density at radius 3 is 2.29 bits per heavy atom. The summed E-state index contributed by atoms with van der Waals surface area (Å²) in [6.07, 6.45) is 19.6. The van der Waals surface area contributed by atoms with E-state index in [0.717, 1.165) is 12.8 Å². The number of carboxylic acids is 1. The topological polar surface area (TPSA) is 77.8 Å². The fourth-order valence-electron chi connectivity index (χ4n) is 1.97. The Kier molecular flexibility index (Phi) is 15.1. The van der Waals surface area contributed by atoms with Gasteiger partial charge in [-0.25, -0.2) is 0 Å². The number of aliphatic carboxylic acids is 1. The third kappa shape index (κ3) is 15.3. The lowest BCUT2D eigenvalue weighted by Gasteiger charge is -2.09. The van der Waals surface area contributed by atoms with Gasteiger partial charge in [-0.2, -0.15) is 0 Å². The molecule has 0 unspecified atom stereocenters. The number of unbranched alkanes of at least 4 members (excludes halogenated alkanes) is 4. The van der Waals surface area contributed by atoms with Crippen molar-refractivity contribution < 1.29 is 20.1 Å². The smallest absolute Gasteiger partial charge is 0.303 e. The second kappa shape index (κ2) is 16.2. The maximum absolute atomic E-state index is 10.3. The zero-order chi connectivity index (χ0) is 18.0. The van der Waals surface area contributed by atoms with E-state index >= 15 is 0 Å². The fraction of sp³-hybridized carbons (Fsp3) is 0.550. The van der Waals surface area contributed by atoms with Crippen molar-refractivity contribution in [1.29, 1.82) is 0 Å². The summed E-state index contributed by atoms with van der Waals surface area (Å²) in [5, 5.41) is 28.0. The van der Waals surface area contributed by atoms with Crippen LogP contribution in [0.25, 0.3) is 0 Å². The third-order valence-corrected chi connectivity index (χ3v) is 3.41. The molecule has 0 aromatic rings. The minimum absolute atomic E-state index is 0.112. The Balaban J connectivity index is 3.85. The van der Waals surface area contributed by atoms with Gasteiger partial charge in [0.25, 0.3) is 0 Å². The highest BCUT2D eigenvalue weighted by molar-refractivity contribution is 5.66. The lowest BCUT2D eigenvalue weighted by atomic mass is 10.1. The molecule has 2 atom stereocenters. The molecule has 0 aromatic heterocycles. The molecule has 0 aliphatic rings. The predicted octanol–water partition coefficient (Wildman–Crippen LogP) is 4.16. The highest BCUT2D eigenvalue weighted by Crippen LogP contribution is 2.03. The van der Waals surface area contributed by atoms with Crippen LogP contribution < -0.4 is 0 Å². The first-order valence-electron chi connectivity index (χ1n) is 8.80. The highest BCUT2D eigenvalue weighted by Gasteiger charge is 2.08. The average molecular weight is 336 g/mol. The van der Waals surface area contributed by atoms with Gasteiger partial charge in [0.1, 0.15) is 12.2 Å². The second-order valence-corrected chi connectivity index (χ2v) is 5.71. The van der Waals surface area contributed by atoms with E-state index in [-0.39, 0.29) is 6.42 Å². The van der Waals surface area contributed by atoms with Gasteiger partial charge in [-0.05, 0) is 32.1 Å². The van der Waals surface area contributed by atoms with Crippen molar-refractivity contribution in [3.63, 3.8) is 0 Å². The minimum Gasteiger partial charge on any atom is -0.481 e. The first-order valence-corrected chi connectivity index (χ1v) is 8.80. The number of carboxylic acid groups (broad SMARTS) is 1. The molecule has 24 heavy (non-hydrogen) atoms. The zero-order valence-corrected chi connectivity index (χ0v) is 14.7. The van der Waals surface area contributed by atoms with Crippen LogP contribution in [0.2, 0.25) is 0 Å². The summed E-state index contributed by atoms with van der Waals surface area (Å²) in [6, 6.07) is 0. The Bertz CT molecular complexity index is 421. The van der Waals surface area contributed by atoms with Gasteiger partial charge in [-0.15, -0.1) is 0 Å². The SMILES string of the molecule is CCCCC/C=C\C/C=C\C=C\[C@H](O)[C@H](O)/C=C\CCCC(=O)O. The first kappa shape index (κ1) is 22.4. The molecule has 136 valence electrons. The van der Waals surface area contributed by atoms with Crippen LogP contribution in [0.1, 0.15) is 58.3 Å². The largest absolute Gasteiger partial charge is 0.481 e.